The van der Waals surface area contributed by atoms with Crippen LogP contribution in [-0.2, 0) is 23.9 Å². The molecule has 4 aromatic carbocycles. The van der Waals surface area contributed by atoms with Gasteiger partial charge in [-0.2, -0.15) is 8.42 Å². The van der Waals surface area contributed by atoms with Crippen LogP contribution in [0, 0.1) is 0 Å². The topological polar surface area (TPSA) is 284 Å². The van der Waals surface area contributed by atoms with Crippen molar-refractivity contribution >= 4 is 33.3 Å². The molecular weight excluding hydrogens is 972 g/mol. The number of amides is 2. The number of β-lactam (4-membered cyclic amide) rings is 2. The maximum atomic E-state index is 13.2. The molecule has 0 aliphatic carbocycles. The fourth-order valence-electron chi connectivity index (χ4n) is 7.66. The second kappa shape index (κ2) is 28.4. The summed E-state index contributed by atoms with van der Waals surface area (Å²) in [6.45, 7) is 5.16. The molecule has 2 amide bonds. The first-order valence-corrected chi connectivity index (χ1v) is 23.7. The molecule has 0 N–H and O–H groups in total. The fourth-order valence-corrected chi connectivity index (χ4v) is 8.23. The molecule has 0 bridgehead atoms. The Hall–Kier alpha value is -6.65. The smallest absolute Gasteiger partial charge is 0.493 e. The van der Waals surface area contributed by atoms with E-state index < -0.39 is 40.3 Å². The second-order valence-corrected chi connectivity index (χ2v) is 16.9. The summed E-state index contributed by atoms with van der Waals surface area (Å²) >= 11 is 0. The third kappa shape index (κ3) is 13.8. The molecule has 23 nitrogen and oxygen atoms in total. The number of rotatable bonds is 23. The van der Waals surface area contributed by atoms with Gasteiger partial charge in [0, 0.05) is 29.2 Å². The van der Waals surface area contributed by atoms with Crippen molar-refractivity contribution in [1.82, 2.24) is 0 Å². The quantitative estimate of drug-likeness (QED) is 0.0160. The molecular formula is C47H59N8NaO15S. The van der Waals surface area contributed by atoms with Crippen molar-refractivity contribution in [3.8, 4) is 57.5 Å². The standard InChI is InChI=1S/C24H31NO9S.C23H28N4O6.N3.Na/c1-7-8-11-33-18-12-15(9-10-17(18)29-2)21-23(34-35(6,27)28)24(26)25(21)16-13-19(30-3)22(32-5)20(14-16)31-4;1-6-7-10-33-17-11-14(8-9-16(17)29-2)21-20(25-26-24)23(28)27(21)15-12-18(30-3)22(32-5)19(13-15)31-4;1-3-2;/h9-10,12-14,21,23H,7-8,11H2,1-6H3;8-9,11-13,20-21H,6-7,10H2,1-5H3;;/q;;-1;+1/t21-,23+;20-,21-;;/m00../s1. The van der Waals surface area contributed by atoms with Crippen LogP contribution in [0.3, 0.4) is 0 Å². The van der Waals surface area contributed by atoms with Gasteiger partial charge in [0.2, 0.25) is 17.4 Å². The van der Waals surface area contributed by atoms with Gasteiger partial charge in [0.25, 0.3) is 16.0 Å². The Balaban J connectivity index is 0.000000356. The largest absolute Gasteiger partial charge is 1.00 e. The third-order valence-corrected chi connectivity index (χ3v) is 11.5. The predicted octanol–water partition coefficient (Wildman–Crippen LogP) is 5.87. The van der Waals surface area contributed by atoms with Crippen LogP contribution in [0.5, 0.6) is 57.5 Å². The first kappa shape index (κ1) is 59.7. The van der Waals surface area contributed by atoms with Crippen molar-refractivity contribution in [2.24, 2.45) is 5.11 Å². The number of hydrogen-bond acceptors (Lipinski definition) is 16. The molecule has 4 aromatic rings. The predicted molar refractivity (Wildman–Crippen MR) is 262 cm³/mol. The molecule has 2 aliphatic heterocycles. The Morgan fingerprint density at radius 2 is 0.931 bits per heavy atom. The van der Waals surface area contributed by atoms with E-state index in [-0.39, 0.29) is 35.5 Å². The van der Waals surface area contributed by atoms with E-state index in [2.05, 4.69) is 23.9 Å². The number of benzene rings is 4. The molecule has 0 spiro atoms. The summed E-state index contributed by atoms with van der Waals surface area (Å²) in [7, 11) is 8.11. The molecule has 2 fully saturated rings. The molecule has 0 radical (unpaired) electrons. The fraction of sp³-hybridized carbons (Fsp3) is 0.447. The molecule has 2 saturated heterocycles. The van der Waals surface area contributed by atoms with Gasteiger partial charge in [-0.25, -0.2) is 0 Å². The first-order valence-electron chi connectivity index (χ1n) is 21.9. The minimum absolute atomic E-state index is 0. The number of unbranched alkanes of at least 4 members (excludes halogenated alkanes) is 2. The first-order chi connectivity index (χ1) is 34.1. The van der Waals surface area contributed by atoms with E-state index in [0.717, 1.165) is 37.5 Å². The van der Waals surface area contributed by atoms with E-state index in [1.807, 2.05) is 12.1 Å². The number of hydrogen-bond donors (Lipinski definition) is 0. The Kier molecular flexibility index (Phi) is 23.5. The van der Waals surface area contributed by atoms with Gasteiger partial charge in [-0.15, -0.1) is 0 Å². The minimum Gasteiger partial charge on any atom is -0.493 e. The van der Waals surface area contributed by atoms with Crippen LogP contribution >= 0.6 is 0 Å². The molecule has 0 aromatic heterocycles. The van der Waals surface area contributed by atoms with Crippen LogP contribution in [0.25, 0.3) is 26.4 Å². The van der Waals surface area contributed by atoms with E-state index in [1.165, 1.54) is 59.6 Å². The molecule has 6 rings (SSSR count). The molecule has 72 heavy (non-hydrogen) atoms. The SMILES string of the molecule is CCCCOc1cc([C@H]2[C@@H](OS(C)(=O)=O)C(=O)N2c2cc(OC)c(OC)c(OC)c2)ccc1OC.CCCCOc1cc([C@H]2[C@H](N=[N+]=[N-])C(=O)N2c2cc(OC)c(OC)c(OC)c2)ccc1OC.[N-]=[N+]=[N-].[Na+]. The van der Waals surface area contributed by atoms with E-state index in [4.69, 9.17) is 68.1 Å². The van der Waals surface area contributed by atoms with Crippen molar-refractivity contribution in [1.29, 1.82) is 0 Å². The number of nitrogens with zero attached hydrogens (tertiary/aromatic N) is 8. The molecule has 2 heterocycles. The maximum absolute atomic E-state index is 13.2. The van der Waals surface area contributed by atoms with E-state index >= 15 is 0 Å². The maximum Gasteiger partial charge on any atom is 1.00 e. The Morgan fingerprint density at radius 3 is 1.26 bits per heavy atom. The zero-order chi connectivity index (χ0) is 52.4. The van der Waals surface area contributed by atoms with Crippen molar-refractivity contribution in [3.63, 3.8) is 0 Å². The van der Waals surface area contributed by atoms with Gasteiger partial charge >= 0.3 is 29.6 Å². The zero-order valence-electron chi connectivity index (χ0n) is 42.4. The average molecular weight is 1030 g/mol. The van der Waals surface area contributed by atoms with E-state index in [9.17, 15) is 18.0 Å². The van der Waals surface area contributed by atoms with Gasteiger partial charge < -0.3 is 63.3 Å². The number of methoxy groups -OCH3 is 8. The number of anilines is 2. The number of carbonyl (C=O) groups is 2. The zero-order valence-corrected chi connectivity index (χ0v) is 45.3. The van der Waals surface area contributed by atoms with E-state index in [1.54, 1.807) is 60.5 Å². The average Bonchev–Trinajstić information content (AvgIpc) is 3.37. The number of ether oxygens (including phenoxy) is 10. The summed E-state index contributed by atoms with van der Waals surface area (Å²) in [6.07, 6.45) is 3.36. The monoisotopic (exact) mass is 1030 g/mol. The summed E-state index contributed by atoms with van der Waals surface area (Å²) in [6, 6.07) is 15.0. The van der Waals surface area contributed by atoms with Gasteiger partial charge in [-0.1, -0.05) is 43.9 Å². The molecule has 2 aliphatic rings. The van der Waals surface area contributed by atoms with Crippen LogP contribution < -0.4 is 86.7 Å². The summed E-state index contributed by atoms with van der Waals surface area (Å²) in [5.41, 5.74) is 24.8. The minimum atomic E-state index is -3.91. The van der Waals surface area contributed by atoms with Crippen molar-refractivity contribution < 1.29 is 99.1 Å². The molecule has 0 saturated carbocycles. The van der Waals surface area contributed by atoms with Gasteiger partial charge in [-0.05, 0) is 53.8 Å². The normalized spacial score (nSPS) is 16.4. The Bertz CT molecular complexity index is 2640. The van der Waals surface area contributed by atoms with Gasteiger partial charge in [0.05, 0.1) is 99.8 Å². The molecule has 4 atom stereocenters. The van der Waals surface area contributed by atoms with Crippen LogP contribution in [0.1, 0.15) is 62.7 Å². The van der Waals surface area contributed by atoms with Gasteiger partial charge in [0.1, 0.15) is 6.04 Å². The van der Waals surface area contributed by atoms with Crippen molar-refractivity contribution in [2.75, 3.05) is 86.1 Å². The summed E-state index contributed by atoms with van der Waals surface area (Å²) in [5.74, 6) is 3.57. The Morgan fingerprint density at radius 1 is 0.556 bits per heavy atom. The van der Waals surface area contributed by atoms with Crippen LogP contribution in [0.2, 0.25) is 0 Å². The van der Waals surface area contributed by atoms with E-state index in [0.29, 0.717) is 87.6 Å². The number of carbonyl (C=O) groups excluding carboxylic acids is 2. The summed E-state index contributed by atoms with van der Waals surface area (Å²) in [4.78, 5) is 33.5. The van der Waals surface area contributed by atoms with Crippen LogP contribution in [0.4, 0.5) is 11.4 Å². The molecule has 25 heteroatoms. The van der Waals surface area contributed by atoms with Crippen molar-refractivity contribution in [2.45, 2.75) is 63.8 Å². The number of azide groups is 1. The second-order valence-electron chi connectivity index (χ2n) is 15.3. The third-order valence-electron chi connectivity index (χ3n) is 11.0. The summed E-state index contributed by atoms with van der Waals surface area (Å²) in [5, 5.41) is 3.74. The van der Waals surface area contributed by atoms with Gasteiger partial charge in [-0.3, -0.25) is 23.6 Å². The van der Waals surface area contributed by atoms with Crippen molar-refractivity contribution in [3.05, 3.63) is 98.2 Å². The molecule has 0 unspecified atom stereocenters. The molecule has 384 valence electrons. The Labute approximate surface area is 440 Å². The van der Waals surface area contributed by atoms with Gasteiger partial charge in [0.15, 0.2) is 52.1 Å². The van der Waals surface area contributed by atoms with Crippen LogP contribution in [-0.4, -0.2) is 109 Å². The van der Waals surface area contributed by atoms with Crippen LogP contribution in [0.15, 0.2) is 65.8 Å². The summed E-state index contributed by atoms with van der Waals surface area (Å²) < 4.78 is 84.1.